The Kier molecular flexibility index (Phi) is 6.98. The first-order valence-electron chi connectivity index (χ1n) is 12.1. The Bertz CT molecular complexity index is 1230. The van der Waals surface area contributed by atoms with Crippen LogP contribution in [0.4, 0.5) is 10.5 Å². The summed E-state index contributed by atoms with van der Waals surface area (Å²) in [6.45, 7) is 6.21. The van der Waals surface area contributed by atoms with Gasteiger partial charge in [-0.3, -0.25) is 9.69 Å². The fraction of sp³-hybridized carbons (Fsp3) is 0.370. The van der Waals surface area contributed by atoms with Crippen LogP contribution < -0.4 is 9.64 Å². The number of halogens is 1. The molecule has 1 aromatic heterocycles. The second-order valence-electron chi connectivity index (χ2n) is 9.69. The largest absolute Gasteiger partial charge is 0.489 e. The van der Waals surface area contributed by atoms with Crippen LogP contribution in [0.5, 0.6) is 5.75 Å². The number of rotatable bonds is 6. The van der Waals surface area contributed by atoms with Crippen molar-refractivity contribution in [3.05, 3.63) is 77.1 Å². The molecule has 0 bridgehead atoms. The SMILES string of the molecule is CC(=O)N(C)c1cnn(C(=O)N2CC3CN(Cc4cccc(OCc5ccc(Cl)cc5)c4)CC3C2)c1. The Morgan fingerprint density at radius 2 is 1.78 bits per heavy atom. The van der Waals surface area contributed by atoms with Gasteiger partial charge in [0.1, 0.15) is 12.4 Å². The van der Waals surface area contributed by atoms with Crippen molar-refractivity contribution in [2.45, 2.75) is 20.1 Å². The van der Waals surface area contributed by atoms with Crippen molar-refractivity contribution >= 4 is 29.2 Å². The third-order valence-electron chi connectivity index (χ3n) is 7.08. The van der Waals surface area contributed by atoms with Crippen molar-refractivity contribution in [2.75, 3.05) is 38.1 Å². The molecule has 188 valence electrons. The van der Waals surface area contributed by atoms with Gasteiger partial charge in [-0.2, -0.15) is 9.78 Å². The van der Waals surface area contributed by atoms with E-state index in [4.69, 9.17) is 16.3 Å². The quantitative estimate of drug-likeness (QED) is 0.501. The number of likely N-dealkylation sites (tertiary alicyclic amines) is 2. The maximum atomic E-state index is 13.0. The third-order valence-corrected chi connectivity index (χ3v) is 7.33. The number of carbonyl (C=O) groups excluding carboxylic acids is 2. The van der Waals surface area contributed by atoms with Crippen LogP contribution in [0.1, 0.15) is 18.1 Å². The Balaban J connectivity index is 1.13. The summed E-state index contributed by atoms with van der Waals surface area (Å²) < 4.78 is 7.32. The van der Waals surface area contributed by atoms with Crippen molar-refractivity contribution in [3.63, 3.8) is 0 Å². The summed E-state index contributed by atoms with van der Waals surface area (Å²) in [6, 6.07) is 15.8. The van der Waals surface area contributed by atoms with E-state index in [1.54, 1.807) is 19.4 Å². The van der Waals surface area contributed by atoms with E-state index in [-0.39, 0.29) is 11.9 Å². The second kappa shape index (κ2) is 10.3. The number of hydrogen-bond donors (Lipinski definition) is 0. The molecule has 8 nitrogen and oxygen atoms in total. The van der Waals surface area contributed by atoms with Gasteiger partial charge in [0.25, 0.3) is 0 Å². The Labute approximate surface area is 216 Å². The van der Waals surface area contributed by atoms with Gasteiger partial charge >= 0.3 is 6.03 Å². The van der Waals surface area contributed by atoms with Gasteiger partial charge in [0.2, 0.25) is 5.91 Å². The summed E-state index contributed by atoms with van der Waals surface area (Å²) in [4.78, 5) is 30.4. The Morgan fingerprint density at radius 1 is 1.06 bits per heavy atom. The highest BCUT2D eigenvalue weighted by atomic mass is 35.5. The maximum absolute atomic E-state index is 13.0. The molecule has 2 aliphatic heterocycles. The lowest BCUT2D eigenvalue weighted by Gasteiger charge is -2.21. The zero-order valence-electron chi connectivity index (χ0n) is 20.5. The number of aromatic nitrogens is 2. The Hall–Kier alpha value is -3.36. The molecule has 3 heterocycles. The third kappa shape index (κ3) is 5.39. The fourth-order valence-corrected chi connectivity index (χ4v) is 5.16. The molecule has 2 saturated heterocycles. The van der Waals surface area contributed by atoms with Crippen LogP contribution in [-0.4, -0.2) is 64.7 Å². The monoisotopic (exact) mass is 507 g/mol. The molecule has 0 saturated carbocycles. The minimum Gasteiger partial charge on any atom is -0.489 e. The molecule has 9 heteroatoms. The number of ether oxygens (including phenoxy) is 1. The molecular weight excluding hydrogens is 478 g/mol. The van der Waals surface area contributed by atoms with Crippen LogP contribution in [0, 0.1) is 11.8 Å². The molecule has 0 N–H and O–H groups in total. The van der Waals surface area contributed by atoms with E-state index in [1.165, 1.54) is 22.1 Å². The van der Waals surface area contributed by atoms with Crippen LogP contribution in [0.3, 0.4) is 0 Å². The lowest BCUT2D eigenvalue weighted by Crippen LogP contribution is -2.36. The highest BCUT2D eigenvalue weighted by Gasteiger charge is 2.42. The van der Waals surface area contributed by atoms with Crippen LogP contribution in [0.2, 0.25) is 5.02 Å². The molecule has 0 spiro atoms. The zero-order chi connectivity index (χ0) is 25.2. The molecule has 2 atom stereocenters. The van der Waals surface area contributed by atoms with E-state index in [2.05, 4.69) is 22.1 Å². The smallest absolute Gasteiger partial charge is 0.344 e. The van der Waals surface area contributed by atoms with Crippen LogP contribution in [0.25, 0.3) is 0 Å². The minimum absolute atomic E-state index is 0.101. The molecule has 2 aliphatic rings. The normalized spacial score (nSPS) is 19.4. The van der Waals surface area contributed by atoms with Gasteiger partial charge in [-0.1, -0.05) is 35.9 Å². The van der Waals surface area contributed by atoms with E-state index >= 15 is 0 Å². The molecule has 2 amide bonds. The van der Waals surface area contributed by atoms with E-state index < -0.39 is 0 Å². The number of hydrogen-bond acceptors (Lipinski definition) is 5. The van der Waals surface area contributed by atoms with Gasteiger partial charge in [-0.05, 0) is 47.2 Å². The minimum atomic E-state index is -0.135. The highest BCUT2D eigenvalue weighted by Crippen LogP contribution is 2.32. The predicted octanol–water partition coefficient (Wildman–Crippen LogP) is 4.13. The van der Waals surface area contributed by atoms with Crippen molar-refractivity contribution in [1.82, 2.24) is 19.6 Å². The summed E-state index contributed by atoms with van der Waals surface area (Å²) in [5.74, 6) is 1.66. The van der Waals surface area contributed by atoms with Gasteiger partial charge in [0.05, 0.1) is 18.1 Å². The zero-order valence-corrected chi connectivity index (χ0v) is 21.3. The number of fused-ring (bicyclic) bond motifs is 1. The number of nitrogens with zero attached hydrogens (tertiary/aromatic N) is 5. The summed E-state index contributed by atoms with van der Waals surface area (Å²) >= 11 is 5.96. The van der Waals surface area contributed by atoms with E-state index in [0.29, 0.717) is 24.1 Å². The molecule has 2 aromatic carbocycles. The van der Waals surface area contributed by atoms with E-state index in [1.807, 2.05) is 41.3 Å². The fourth-order valence-electron chi connectivity index (χ4n) is 5.03. The Morgan fingerprint density at radius 3 is 2.47 bits per heavy atom. The average Bonchev–Trinajstić information content (AvgIpc) is 3.58. The second-order valence-corrected chi connectivity index (χ2v) is 10.1. The van der Waals surface area contributed by atoms with Crippen LogP contribution in [-0.2, 0) is 17.9 Å². The molecule has 2 fully saturated rings. The van der Waals surface area contributed by atoms with Crippen molar-refractivity contribution in [1.29, 1.82) is 0 Å². The van der Waals surface area contributed by atoms with Crippen LogP contribution in [0.15, 0.2) is 60.9 Å². The van der Waals surface area contributed by atoms with Crippen molar-refractivity contribution in [2.24, 2.45) is 11.8 Å². The van der Waals surface area contributed by atoms with Gasteiger partial charge in [0, 0.05) is 51.7 Å². The summed E-state index contributed by atoms with van der Waals surface area (Å²) in [6.07, 6.45) is 3.16. The predicted molar refractivity (Wildman–Crippen MR) is 138 cm³/mol. The number of carbonyl (C=O) groups is 2. The first-order valence-corrected chi connectivity index (χ1v) is 12.5. The number of anilines is 1. The summed E-state index contributed by atoms with van der Waals surface area (Å²) in [5.41, 5.74) is 2.91. The maximum Gasteiger partial charge on any atom is 0.344 e. The van der Waals surface area contributed by atoms with Crippen LogP contribution >= 0.6 is 11.6 Å². The van der Waals surface area contributed by atoms with Crippen molar-refractivity contribution in [3.8, 4) is 5.75 Å². The number of amides is 2. The van der Waals surface area contributed by atoms with E-state index in [9.17, 15) is 9.59 Å². The molecule has 36 heavy (non-hydrogen) atoms. The lowest BCUT2D eigenvalue weighted by molar-refractivity contribution is -0.116. The first-order chi connectivity index (χ1) is 17.4. The average molecular weight is 508 g/mol. The molecule has 0 radical (unpaired) electrons. The first kappa shape index (κ1) is 24.3. The van der Waals surface area contributed by atoms with Gasteiger partial charge in [0.15, 0.2) is 0 Å². The molecule has 2 unspecified atom stereocenters. The highest BCUT2D eigenvalue weighted by molar-refractivity contribution is 6.30. The van der Waals surface area contributed by atoms with Crippen molar-refractivity contribution < 1.29 is 14.3 Å². The van der Waals surface area contributed by atoms with Gasteiger partial charge in [-0.25, -0.2) is 4.79 Å². The lowest BCUT2D eigenvalue weighted by atomic mass is 10.0. The van der Waals surface area contributed by atoms with Gasteiger partial charge in [-0.15, -0.1) is 0 Å². The molecule has 5 rings (SSSR count). The molecule has 3 aromatic rings. The topological polar surface area (TPSA) is 70.9 Å². The standard InChI is InChI=1S/C27H30ClN5O3/c1-19(34)30(2)25-11-29-33(17-25)27(35)32-15-22-13-31(14-23(22)16-32)12-21-4-3-5-26(10-21)36-18-20-6-8-24(28)9-7-20/h3-11,17,22-23H,12-16,18H2,1-2H3. The summed E-state index contributed by atoms with van der Waals surface area (Å²) in [7, 11) is 1.67. The van der Waals surface area contributed by atoms with Gasteiger partial charge < -0.3 is 14.5 Å². The van der Waals surface area contributed by atoms with E-state index in [0.717, 1.165) is 49.1 Å². The summed E-state index contributed by atoms with van der Waals surface area (Å²) in [5, 5.41) is 4.90. The molecule has 0 aliphatic carbocycles. The molecular formula is C27H30ClN5O3. The number of benzene rings is 2.